The normalized spacial score (nSPS) is 15.3. The van der Waals surface area contributed by atoms with Crippen LogP contribution in [0.3, 0.4) is 0 Å². The number of methoxy groups -OCH3 is 1. The Balaban J connectivity index is 1.86. The fraction of sp³-hybridized carbons (Fsp3) is 0.273. The Kier molecular flexibility index (Phi) is 4.96. The van der Waals surface area contributed by atoms with Crippen molar-refractivity contribution in [2.45, 2.75) is 25.3 Å². The number of nitrogens with zero attached hydrogens (tertiary/aromatic N) is 1. The monoisotopic (exact) mass is 396 g/mol. The van der Waals surface area contributed by atoms with Crippen LogP contribution in [0, 0.1) is 5.82 Å². The summed E-state index contributed by atoms with van der Waals surface area (Å²) >= 11 is 0. The van der Waals surface area contributed by atoms with E-state index >= 15 is 0 Å². The number of carbonyl (C=O) groups excluding carboxylic acids is 2. The first kappa shape index (κ1) is 19.0. The Morgan fingerprint density at radius 3 is 2.76 bits per heavy atom. The minimum Gasteiger partial charge on any atom is -0.481 e. The van der Waals surface area contributed by atoms with E-state index in [0.717, 1.165) is 27.7 Å². The quantitative estimate of drug-likeness (QED) is 0.650. The lowest BCUT2D eigenvalue weighted by Crippen LogP contribution is -2.19. The van der Waals surface area contributed by atoms with E-state index in [1.807, 2.05) is 18.2 Å². The van der Waals surface area contributed by atoms with Crippen molar-refractivity contribution in [1.29, 1.82) is 0 Å². The molecule has 1 aliphatic carbocycles. The Labute approximate surface area is 167 Å². The van der Waals surface area contributed by atoms with E-state index in [1.165, 1.54) is 19.2 Å². The third-order valence-corrected chi connectivity index (χ3v) is 5.37. The second-order valence-electron chi connectivity index (χ2n) is 7.09. The van der Waals surface area contributed by atoms with Gasteiger partial charge in [-0.25, -0.2) is 9.18 Å². The van der Waals surface area contributed by atoms with E-state index in [2.05, 4.69) is 9.30 Å². The maximum Gasteiger partial charge on any atom is 0.343 e. The molecular weight excluding hydrogens is 375 g/mol. The molecule has 2 N–H and O–H groups in total. The highest BCUT2D eigenvalue weighted by molar-refractivity contribution is 5.97. The van der Waals surface area contributed by atoms with Crippen molar-refractivity contribution in [3.8, 4) is 5.75 Å². The van der Waals surface area contributed by atoms with Crippen LogP contribution in [0.4, 0.5) is 4.39 Å². The second-order valence-corrected chi connectivity index (χ2v) is 7.09. The average Bonchev–Trinajstić information content (AvgIpc) is 3.26. The topological polar surface area (TPSA) is 83.6 Å². The Morgan fingerprint density at radius 2 is 2.03 bits per heavy atom. The lowest BCUT2D eigenvalue weighted by molar-refractivity contribution is -0.142. The molecular formula is C22H21FN2O4. The van der Waals surface area contributed by atoms with Gasteiger partial charge in [0.25, 0.3) is 0 Å². The molecule has 1 unspecified atom stereocenters. The van der Waals surface area contributed by atoms with Crippen molar-refractivity contribution in [3.05, 3.63) is 65.1 Å². The van der Waals surface area contributed by atoms with Gasteiger partial charge in [-0.05, 0) is 48.2 Å². The number of ether oxygens (including phenoxy) is 2. The molecule has 1 atom stereocenters. The first-order chi connectivity index (χ1) is 14.0. The summed E-state index contributed by atoms with van der Waals surface area (Å²) in [4.78, 5) is 23.6. The molecule has 1 heterocycles. The number of hydrogen-bond donors (Lipinski definition) is 1. The molecule has 0 radical (unpaired) electrons. The van der Waals surface area contributed by atoms with Crippen molar-refractivity contribution in [3.63, 3.8) is 0 Å². The number of halogens is 1. The Morgan fingerprint density at radius 1 is 1.24 bits per heavy atom. The van der Waals surface area contributed by atoms with Crippen LogP contribution in [-0.2, 0) is 27.3 Å². The zero-order valence-corrected chi connectivity index (χ0v) is 16.0. The zero-order chi connectivity index (χ0) is 20.5. The Bertz CT molecular complexity index is 1110. The van der Waals surface area contributed by atoms with Crippen LogP contribution in [0.2, 0.25) is 0 Å². The van der Waals surface area contributed by atoms with Gasteiger partial charge in [0.2, 0.25) is 5.91 Å². The van der Waals surface area contributed by atoms with Crippen LogP contribution in [0.15, 0.2) is 42.5 Å². The van der Waals surface area contributed by atoms with Gasteiger partial charge in [-0.2, -0.15) is 0 Å². The molecule has 7 heteroatoms. The van der Waals surface area contributed by atoms with Crippen molar-refractivity contribution in [1.82, 2.24) is 4.57 Å². The number of aromatic nitrogens is 1. The second kappa shape index (κ2) is 7.58. The molecule has 4 rings (SSSR count). The summed E-state index contributed by atoms with van der Waals surface area (Å²) < 4.78 is 26.1. The van der Waals surface area contributed by atoms with Gasteiger partial charge in [0, 0.05) is 17.6 Å². The van der Waals surface area contributed by atoms with Gasteiger partial charge < -0.3 is 19.8 Å². The number of amides is 1. The number of nitrogens with two attached hydrogens (primary N) is 1. The third kappa shape index (κ3) is 3.44. The van der Waals surface area contributed by atoms with Crippen LogP contribution in [0.5, 0.6) is 5.75 Å². The molecule has 0 spiro atoms. The molecule has 29 heavy (non-hydrogen) atoms. The van der Waals surface area contributed by atoms with Gasteiger partial charge in [0.1, 0.15) is 11.6 Å². The molecule has 1 amide bonds. The highest BCUT2D eigenvalue weighted by atomic mass is 19.1. The number of primary amides is 1. The average molecular weight is 396 g/mol. The van der Waals surface area contributed by atoms with Crippen LogP contribution < -0.4 is 10.5 Å². The summed E-state index contributed by atoms with van der Waals surface area (Å²) in [7, 11) is 1.29. The fourth-order valence-corrected chi connectivity index (χ4v) is 4.12. The van der Waals surface area contributed by atoms with E-state index < -0.39 is 17.8 Å². The highest BCUT2D eigenvalue weighted by Gasteiger charge is 2.34. The number of rotatable bonds is 6. The van der Waals surface area contributed by atoms with Crippen LogP contribution in [0.1, 0.15) is 29.2 Å². The summed E-state index contributed by atoms with van der Waals surface area (Å²) in [5.74, 6) is -1.12. The molecule has 0 saturated carbocycles. The van der Waals surface area contributed by atoms with Gasteiger partial charge in [-0.1, -0.05) is 18.2 Å². The Hall–Kier alpha value is -3.35. The van der Waals surface area contributed by atoms with Crippen molar-refractivity contribution in [2.24, 2.45) is 5.73 Å². The fourth-order valence-electron chi connectivity index (χ4n) is 4.12. The summed E-state index contributed by atoms with van der Waals surface area (Å²) in [6.07, 6.45) is 1.30. The van der Waals surface area contributed by atoms with Crippen molar-refractivity contribution in [2.75, 3.05) is 13.7 Å². The first-order valence-electron chi connectivity index (χ1n) is 9.37. The van der Waals surface area contributed by atoms with Crippen LogP contribution in [0.25, 0.3) is 10.9 Å². The number of esters is 1. The lowest BCUT2D eigenvalue weighted by atomic mass is 9.99. The van der Waals surface area contributed by atoms with E-state index in [1.54, 1.807) is 12.1 Å². The van der Waals surface area contributed by atoms with E-state index in [-0.39, 0.29) is 12.4 Å². The molecule has 1 aromatic heterocycles. The minimum absolute atomic E-state index is 0.235. The maximum absolute atomic E-state index is 13.7. The zero-order valence-electron chi connectivity index (χ0n) is 16.0. The van der Waals surface area contributed by atoms with Crippen molar-refractivity contribution < 1.29 is 23.5 Å². The lowest BCUT2D eigenvalue weighted by Gasteiger charge is -2.12. The van der Waals surface area contributed by atoms with Crippen LogP contribution >= 0.6 is 0 Å². The SMILES string of the molecule is COC(=O)COc1cccc2c1c1c(n2Cc2cccc(F)c2)CCC1C(N)=O. The molecule has 1 aliphatic rings. The predicted molar refractivity (Wildman–Crippen MR) is 105 cm³/mol. The maximum atomic E-state index is 13.7. The molecule has 2 aromatic carbocycles. The molecule has 0 fully saturated rings. The molecule has 3 aromatic rings. The third-order valence-electron chi connectivity index (χ3n) is 5.37. The molecule has 150 valence electrons. The van der Waals surface area contributed by atoms with Crippen LogP contribution in [-0.4, -0.2) is 30.2 Å². The van der Waals surface area contributed by atoms with Gasteiger partial charge in [-0.3, -0.25) is 4.79 Å². The molecule has 0 bridgehead atoms. The van der Waals surface area contributed by atoms with E-state index in [4.69, 9.17) is 10.5 Å². The molecule has 0 saturated heterocycles. The van der Waals surface area contributed by atoms with Gasteiger partial charge in [-0.15, -0.1) is 0 Å². The standard InChI is InChI=1S/C22H21FN2O4/c1-28-19(26)12-29-18-7-3-6-16-21(18)20-15(22(24)27)8-9-17(20)25(16)11-13-4-2-5-14(23)10-13/h2-7,10,15H,8-9,11-12H2,1H3,(H2,24,27). The summed E-state index contributed by atoms with van der Waals surface area (Å²) in [6, 6.07) is 11.9. The molecule has 0 aliphatic heterocycles. The first-order valence-corrected chi connectivity index (χ1v) is 9.37. The molecule has 6 nitrogen and oxygen atoms in total. The van der Waals surface area contributed by atoms with Gasteiger partial charge >= 0.3 is 5.97 Å². The number of hydrogen-bond acceptors (Lipinski definition) is 4. The number of carbonyl (C=O) groups is 2. The smallest absolute Gasteiger partial charge is 0.343 e. The summed E-state index contributed by atoms with van der Waals surface area (Å²) in [5.41, 5.74) is 9.16. The van der Waals surface area contributed by atoms with E-state index in [9.17, 15) is 14.0 Å². The van der Waals surface area contributed by atoms with Gasteiger partial charge in [0.15, 0.2) is 6.61 Å². The van der Waals surface area contributed by atoms with Crippen molar-refractivity contribution >= 4 is 22.8 Å². The summed E-state index contributed by atoms with van der Waals surface area (Å²) in [6.45, 7) is 0.218. The number of benzene rings is 2. The van der Waals surface area contributed by atoms with Gasteiger partial charge in [0.05, 0.1) is 18.5 Å². The summed E-state index contributed by atoms with van der Waals surface area (Å²) in [5, 5.41) is 0.768. The number of fused-ring (bicyclic) bond motifs is 3. The predicted octanol–water partition coefficient (Wildman–Crippen LogP) is 2.90. The van der Waals surface area contributed by atoms with E-state index in [0.29, 0.717) is 25.1 Å². The highest BCUT2D eigenvalue weighted by Crippen LogP contribution is 2.44. The largest absolute Gasteiger partial charge is 0.481 e. The minimum atomic E-state index is -0.496.